The van der Waals surface area contributed by atoms with E-state index >= 15 is 0 Å². The maximum Gasteiger partial charge on any atom is 0.252 e. The van der Waals surface area contributed by atoms with Crippen LogP contribution in [0.4, 0.5) is 0 Å². The van der Waals surface area contributed by atoms with Gasteiger partial charge < -0.3 is 5.32 Å². The maximum atomic E-state index is 12.6. The molecule has 0 saturated carbocycles. The molecule has 2 rings (SSSR count). The molecule has 0 spiro atoms. The van der Waals surface area contributed by atoms with Gasteiger partial charge in [-0.05, 0) is 41.8 Å². The lowest BCUT2D eigenvalue weighted by Crippen LogP contribution is -2.29. The molecule has 0 atom stereocenters. The van der Waals surface area contributed by atoms with Crippen molar-refractivity contribution >= 4 is 21.4 Å². The van der Waals surface area contributed by atoms with Gasteiger partial charge in [0, 0.05) is 19.6 Å². The van der Waals surface area contributed by atoms with Crippen LogP contribution in [0.5, 0.6) is 0 Å². The predicted octanol–water partition coefficient (Wildman–Crippen LogP) is 2.67. The summed E-state index contributed by atoms with van der Waals surface area (Å²) in [6.45, 7) is 9.32. The summed E-state index contributed by atoms with van der Waals surface area (Å²) < 4.78 is 27.3. The van der Waals surface area contributed by atoms with Crippen molar-refractivity contribution in [1.82, 2.24) is 9.62 Å². The van der Waals surface area contributed by atoms with Crippen LogP contribution in [-0.2, 0) is 16.6 Å². The van der Waals surface area contributed by atoms with Crippen molar-refractivity contribution < 1.29 is 8.42 Å². The average molecular weight is 316 g/mol. The molecule has 1 N–H and O–H groups in total. The molecule has 0 radical (unpaired) electrons. The molecule has 2 heterocycles. The number of sulfonamides is 1. The first-order valence-corrected chi connectivity index (χ1v) is 9.45. The molecule has 20 heavy (non-hydrogen) atoms. The van der Waals surface area contributed by atoms with Gasteiger partial charge in [-0.1, -0.05) is 20.8 Å². The fourth-order valence-electron chi connectivity index (χ4n) is 2.39. The van der Waals surface area contributed by atoms with Gasteiger partial charge in [-0.25, -0.2) is 8.42 Å². The molecule has 4 nitrogen and oxygen atoms in total. The third-order valence-electron chi connectivity index (χ3n) is 3.62. The molecule has 0 unspecified atom stereocenters. The highest BCUT2D eigenvalue weighted by Crippen LogP contribution is 2.34. The second-order valence-electron chi connectivity index (χ2n) is 6.20. The van der Waals surface area contributed by atoms with E-state index in [1.807, 2.05) is 11.4 Å². The van der Waals surface area contributed by atoms with Gasteiger partial charge in [0.15, 0.2) is 0 Å². The highest BCUT2D eigenvalue weighted by atomic mass is 32.2. The molecular formula is C14H24N2O2S2. The van der Waals surface area contributed by atoms with Gasteiger partial charge in [0.05, 0.1) is 0 Å². The van der Waals surface area contributed by atoms with Crippen LogP contribution in [0.2, 0.25) is 0 Å². The standard InChI is InChI=1S/C14H24N2O2S2/c1-4-6-15-9-12-8-13(19-10-12)20(17,18)16-7-5-14(2,3)11-16/h8,10,15H,4-7,9,11H2,1-3H3. The van der Waals surface area contributed by atoms with Gasteiger partial charge in [-0.3, -0.25) is 0 Å². The molecule has 0 aliphatic carbocycles. The lowest BCUT2D eigenvalue weighted by molar-refractivity contribution is 0.376. The quantitative estimate of drug-likeness (QED) is 0.821. The van der Waals surface area contributed by atoms with Crippen molar-refractivity contribution in [2.75, 3.05) is 19.6 Å². The summed E-state index contributed by atoms with van der Waals surface area (Å²) >= 11 is 1.33. The number of thiophene rings is 1. The number of hydrogen-bond donors (Lipinski definition) is 1. The molecule has 0 aromatic carbocycles. The molecule has 1 fully saturated rings. The van der Waals surface area contributed by atoms with E-state index in [0.717, 1.165) is 31.5 Å². The Kier molecular flexibility index (Phi) is 4.89. The van der Waals surface area contributed by atoms with Crippen LogP contribution in [0.25, 0.3) is 0 Å². The fourth-order valence-corrected chi connectivity index (χ4v) is 5.38. The monoisotopic (exact) mass is 316 g/mol. The molecule has 1 aromatic heterocycles. The second kappa shape index (κ2) is 6.13. The summed E-state index contributed by atoms with van der Waals surface area (Å²) in [6, 6.07) is 1.81. The van der Waals surface area contributed by atoms with E-state index in [-0.39, 0.29) is 5.41 Å². The van der Waals surface area contributed by atoms with Crippen LogP contribution in [0.1, 0.15) is 39.2 Å². The fraction of sp³-hybridized carbons (Fsp3) is 0.714. The Morgan fingerprint density at radius 3 is 2.80 bits per heavy atom. The summed E-state index contributed by atoms with van der Waals surface area (Å²) in [5.41, 5.74) is 1.15. The van der Waals surface area contributed by atoms with E-state index in [4.69, 9.17) is 0 Å². The van der Waals surface area contributed by atoms with Crippen LogP contribution in [-0.4, -0.2) is 32.4 Å². The summed E-state index contributed by atoms with van der Waals surface area (Å²) in [6.07, 6.45) is 2.01. The van der Waals surface area contributed by atoms with Crippen molar-refractivity contribution in [1.29, 1.82) is 0 Å². The summed E-state index contributed by atoms with van der Waals surface area (Å²) in [5.74, 6) is 0. The largest absolute Gasteiger partial charge is 0.313 e. The highest BCUT2D eigenvalue weighted by Gasteiger charge is 2.37. The summed E-state index contributed by atoms with van der Waals surface area (Å²) in [7, 11) is -3.30. The minimum Gasteiger partial charge on any atom is -0.313 e. The first-order valence-electron chi connectivity index (χ1n) is 7.13. The summed E-state index contributed by atoms with van der Waals surface area (Å²) in [5, 5.41) is 5.24. The Morgan fingerprint density at radius 2 is 2.20 bits per heavy atom. The molecule has 0 bridgehead atoms. The van der Waals surface area contributed by atoms with Crippen molar-refractivity contribution in [3.8, 4) is 0 Å². The van der Waals surface area contributed by atoms with Crippen LogP contribution >= 0.6 is 11.3 Å². The number of nitrogens with zero attached hydrogens (tertiary/aromatic N) is 1. The van der Waals surface area contributed by atoms with Crippen LogP contribution < -0.4 is 5.32 Å². The zero-order chi connectivity index (χ0) is 14.8. The van der Waals surface area contributed by atoms with E-state index in [1.165, 1.54) is 11.3 Å². The van der Waals surface area contributed by atoms with E-state index in [2.05, 4.69) is 26.1 Å². The Balaban J connectivity index is 2.07. The highest BCUT2D eigenvalue weighted by molar-refractivity contribution is 7.91. The zero-order valence-electron chi connectivity index (χ0n) is 12.5. The first kappa shape index (κ1) is 15.9. The van der Waals surface area contributed by atoms with Gasteiger partial charge >= 0.3 is 0 Å². The third-order valence-corrected chi connectivity index (χ3v) is 6.93. The number of hydrogen-bond acceptors (Lipinski definition) is 4. The molecule has 1 aliphatic rings. The van der Waals surface area contributed by atoms with E-state index in [1.54, 1.807) is 4.31 Å². The molecule has 6 heteroatoms. The predicted molar refractivity (Wildman–Crippen MR) is 83.5 cm³/mol. The SMILES string of the molecule is CCCNCc1csc(S(=O)(=O)N2CCC(C)(C)C2)c1. The van der Waals surface area contributed by atoms with Gasteiger partial charge in [0.25, 0.3) is 10.0 Å². The lowest BCUT2D eigenvalue weighted by atomic mass is 9.93. The van der Waals surface area contributed by atoms with Gasteiger partial charge in [-0.2, -0.15) is 4.31 Å². The lowest BCUT2D eigenvalue weighted by Gasteiger charge is -2.18. The van der Waals surface area contributed by atoms with E-state index < -0.39 is 10.0 Å². The normalized spacial score (nSPS) is 19.6. The van der Waals surface area contributed by atoms with Crippen molar-refractivity contribution in [3.63, 3.8) is 0 Å². The Labute approximate surface area is 126 Å². The summed E-state index contributed by atoms with van der Waals surface area (Å²) in [4.78, 5) is 0. The minimum atomic E-state index is -3.30. The molecular weight excluding hydrogens is 292 g/mol. The third kappa shape index (κ3) is 3.61. The zero-order valence-corrected chi connectivity index (χ0v) is 14.1. The van der Waals surface area contributed by atoms with Crippen LogP contribution in [0, 0.1) is 5.41 Å². The van der Waals surface area contributed by atoms with Gasteiger partial charge in [-0.15, -0.1) is 11.3 Å². The van der Waals surface area contributed by atoms with Crippen molar-refractivity contribution in [2.45, 2.75) is 44.4 Å². The second-order valence-corrected chi connectivity index (χ2v) is 9.28. The molecule has 114 valence electrons. The van der Waals surface area contributed by atoms with Crippen LogP contribution in [0.15, 0.2) is 15.7 Å². The average Bonchev–Trinajstić information content (AvgIpc) is 2.97. The molecule has 1 saturated heterocycles. The van der Waals surface area contributed by atoms with E-state index in [0.29, 0.717) is 17.3 Å². The first-order chi connectivity index (χ1) is 9.35. The molecule has 0 amide bonds. The maximum absolute atomic E-state index is 12.6. The van der Waals surface area contributed by atoms with Gasteiger partial charge in [0.1, 0.15) is 4.21 Å². The van der Waals surface area contributed by atoms with E-state index in [9.17, 15) is 8.42 Å². The molecule has 1 aliphatic heterocycles. The van der Waals surface area contributed by atoms with Crippen LogP contribution in [0.3, 0.4) is 0 Å². The van der Waals surface area contributed by atoms with Crippen molar-refractivity contribution in [2.24, 2.45) is 5.41 Å². The number of nitrogens with one attached hydrogen (secondary N) is 1. The smallest absolute Gasteiger partial charge is 0.252 e. The molecule has 1 aromatic rings. The van der Waals surface area contributed by atoms with Crippen molar-refractivity contribution in [3.05, 3.63) is 17.0 Å². The Bertz CT molecular complexity index is 549. The minimum absolute atomic E-state index is 0.0931. The number of rotatable bonds is 6. The topological polar surface area (TPSA) is 49.4 Å². The van der Waals surface area contributed by atoms with Gasteiger partial charge in [0.2, 0.25) is 0 Å². The Morgan fingerprint density at radius 1 is 1.45 bits per heavy atom. The Hall–Kier alpha value is -0.430.